The van der Waals surface area contributed by atoms with Crippen LogP contribution in [0, 0.1) is 5.92 Å². The molecule has 0 unspecified atom stereocenters. The van der Waals surface area contributed by atoms with Gasteiger partial charge < -0.3 is 12.1 Å². The Morgan fingerprint density at radius 3 is 1.00 bits per heavy atom. The number of hydrogen-bond acceptors (Lipinski definition) is 0. The molecule has 0 aromatic carbocycles. The molecular formula is C4H11Cl3NV-2. The van der Waals surface area contributed by atoms with Crippen LogP contribution in [0.4, 0.5) is 0 Å². The summed E-state index contributed by atoms with van der Waals surface area (Å²) in [5, 5.41) is 0. The van der Waals surface area contributed by atoms with Crippen LogP contribution >= 0.6 is 29.5 Å². The molecule has 0 fully saturated rings. The number of nitrogens with two attached hydrogens (primary N) is 1. The Balaban J connectivity index is -0.0000000720. The largest absolute Gasteiger partial charge is 0.693 e. The second-order valence-electron chi connectivity index (χ2n) is 1.69. The summed E-state index contributed by atoms with van der Waals surface area (Å²) in [5.41, 5.74) is 0. The molecule has 0 aromatic rings. The first-order valence-electron chi connectivity index (χ1n) is 2.01. The normalized spacial score (nSPS) is 8.00. The molecule has 0 aliphatic rings. The van der Waals surface area contributed by atoms with E-state index in [1.54, 1.807) is 0 Å². The van der Waals surface area contributed by atoms with Crippen molar-refractivity contribution in [2.45, 2.75) is 20.8 Å². The van der Waals surface area contributed by atoms with Crippen LogP contribution in [0.2, 0.25) is 0 Å². The molecule has 0 aliphatic carbocycles. The van der Waals surface area contributed by atoms with Crippen molar-refractivity contribution in [1.29, 1.82) is 0 Å². The van der Waals surface area contributed by atoms with Crippen LogP contribution in [0.5, 0.6) is 0 Å². The fourth-order valence-corrected chi connectivity index (χ4v) is 0. The van der Waals surface area contributed by atoms with Crippen molar-refractivity contribution in [2.75, 3.05) is 0 Å². The minimum atomic E-state index is -1.77. The third-order valence-electron chi connectivity index (χ3n) is 0. The smallest absolute Gasteiger partial charge is 0.693 e. The second-order valence-corrected chi connectivity index (χ2v) is 8.61. The number of hydrogen-bond donors (Lipinski definition) is 0. The van der Waals surface area contributed by atoms with Crippen LogP contribution in [0.25, 0.3) is 6.15 Å². The molecule has 0 radical (unpaired) electrons. The van der Waals surface area contributed by atoms with E-state index in [2.05, 4.69) is 20.8 Å². The molecule has 1 nitrogen and oxygen atoms in total. The number of rotatable bonds is 0. The zero-order valence-electron chi connectivity index (χ0n) is 5.66. The van der Waals surface area contributed by atoms with E-state index in [9.17, 15) is 0 Å². The molecular weight excluding hydrogens is 219 g/mol. The molecule has 0 aromatic heterocycles. The molecule has 9 heavy (non-hydrogen) atoms. The average molecular weight is 230 g/mol. The maximum Gasteiger partial charge on any atom is -0.693 e. The Kier molecular flexibility index (Phi) is 22.6. The maximum atomic E-state index is 4.95. The summed E-state index contributed by atoms with van der Waals surface area (Å²) in [5.74, 6) is 1.42. The van der Waals surface area contributed by atoms with Crippen LogP contribution in [0.3, 0.4) is 0 Å². The van der Waals surface area contributed by atoms with E-state index in [0.717, 1.165) is 0 Å². The minimum absolute atomic E-state index is 0. The van der Waals surface area contributed by atoms with Gasteiger partial charge in [0.1, 0.15) is 0 Å². The van der Waals surface area contributed by atoms with E-state index in [1.807, 2.05) is 0 Å². The van der Waals surface area contributed by atoms with E-state index in [0.29, 0.717) is 0 Å². The molecule has 5 heteroatoms. The summed E-state index contributed by atoms with van der Waals surface area (Å²) >= 11 is -1.77. The van der Waals surface area contributed by atoms with Crippen molar-refractivity contribution < 1.29 is 12.3 Å². The summed E-state index contributed by atoms with van der Waals surface area (Å²) in [6, 6.07) is 0. The molecule has 0 spiro atoms. The first-order valence-corrected chi connectivity index (χ1v) is 7.77. The Bertz CT molecular complexity index is 31.3. The van der Waals surface area contributed by atoms with Crippen LogP contribution in [0.15, 0.2) is 0 Å². The Morgan fingerprint density at radius 1 is 1.00 bits per heavy atom. The quantitative estimate of drug-likeness (QED) is 0.553. The van der Waals surface area contributed by atoms with Crippen LogP contribution in [-0.4, -0.2) is 0 Å². The predicted molar refractivity (Wildman–Crippen MR) is 43.1 cm³/mol. The standard InChI is InChI=1S/C4H9.3ClH.H2N.V/c1-4(2)3;;;;;/h1-3H3;3*1H;1H2;/q-1;;;;-1;+3/p-3. The maximum absolute atomic E-state index is 4.95. The first kappa shape index (κ1) is 16.8. The Labute approximate surface area is 74.5 Å². The Hall–Kier alpha value is 1.41. The molecule has 0 rings (SSSR count). The van der Waals surface area contributed by atoms with Gasteiger partial charge in [-0.1, -0.05) is 0 Å². The molecule has 0 saturated carbocycles. The zero-order chi connectivity index (χ0) is 7.15. The third kappa shape index (κ3) is 259. The molecule has 0 atom stereocenters. The van der Waals surface area contributed by atoms with Gasteiger partial charge in [-0.2, -0.15) is 20.8 Å². The van der Waals surface area contributed by atoms with Gasteiger partial charge in [-0.3, -0.25) is 0 Å². The summed E-state index contributed by atoms with van der Waals surface area (Å²) in [4.78, 5) is 0. The zero-order valence-corrected chi connectivity index (χ0v) is 9.32. The summed E-state index contributed by atoms with van der Waals surface area (Å²) in [7, 11) is 14.9. The molecule has 2 N–H and O–H groups in total. The van der Waals surface area contributed by atoms with Gasteiger partial charge in [0.15, 0.2) is 0 Å². The summed E-state index contributed by atoms with van der Waals surface area (Å²) in [6.45, 7) is 6.25. The van der Waals surface area contributed by atoms with E-state index >= 15 is 0 Å². The van der Waals surface area contributed by atoms with E-state index in [1.165, 1.54) is 5.92 Å². The van der Waals surface area contributed by atoms with Crippen molar-refractivity contribution in [3.8, 4) is 0 Å². The van der Waals surface area contributed by atoms with Crippen LogP contribution in [0.1, 0.15) is 20.8 Å². The van der Waals surface area contributed by atoms with Crippen molar-refractivity contribution in [2.24, 2.45) is 0 Å². The van der Waals surface area contributed by atoms with Gasteiger partial charge in [-0.15, -0.1) is 0 Å². The van der Waals surface area contributed by atoms with Crippen molar-refractivity contribution in [3.05, 3.63) is 12.1 Å². The van der Waals surface area contributed by atoms with Gasteiger partial charge in [-0.25, -0.2) is 0 Å². The summed E-state index contributed by atoms with van der Waals surface area (Å²) < 4.78 is 0. The van der Waals surface area contributed by atoms with Gasteiger partial charge in [0.05, 0.1) is 0 Å². The molecule has 0 bridgehead atoms. The minimum Gasteiger partial charge on any atom is -0.693 e. The first-order chi connectivity index (χ1) is 3.46. The monoisotopic (exact) mass is 229 g/mol. The van der Waals surface area contributed by atoms with Gasteiger partial charge >= 0.3 is 41.8 Å². The molecule has 0 aliphatic heterocycles. The Morgan fingerprint density at radius 2 is 1.00 bits per heavy atom. The molecule has 0 saturated heterocycles. The number of halogens is 3. The fraction of sp³-hybridized carbons (Fsp3) is 0.750. The molecule has 60 valence electrons. The molecule has 0 amide bonds. The third-order valence-corrected chi connectivity index (χ3v) is 0. The van der Waals surface area contributed by atoms with Gasteiger partial charge in [0, 0.05) is 0 Å². The second kappa shape index (κ2) is 12.1. The van der Waals surface area contributed by atoms with Crippen LogP contribution < -0.4 is 0 Å². The average Bonchev–Trinajstić information content (AvgIpc) is 1.25. The fourth-order valence-electron chi connectivity index (χ4n) is 0. The van der Waals surface area contributed by atoms with Crippen molar-refractivity contribution >= 4 is 29.5 Å². The van der Waals surface area contributed by atoms with Gasteiger partial charge in [0.25, 0.3) is 0 Å². The SMILES string of the molecule is C[C-](C)C.[Cl][V]([Cl])[Cl].[NH2-]. The van der Waals surface area contributed by atoms with Crippen LogP contribution in [-0.2, 0) is 12.3 Å². The summed E-state index contributed by atoms with van der Waals surface area (Å²) in [6.07, 6.45) is 0. The van der Waals surface area contributed by atoms with E-state index in [-0.39, 0.29) is 6.15 Å². The topological polar surface area (TPSA) is 33.5 Å². The van der Waals surface area contributed by atoms with Crippen molar-refractivity contribution in [1.82, 2.24) is 0 Å². The van der Waals surface area contributed by atoms with Gasteiger partial charge in [-0.05, 0) is 0 Å². The van der Waals surface area contributed by atoms with E-state index in [4.69, 9.17) is 29.5 Å². The molecule has 0 heterocycles. The van der Waals surface area contributed by atoms with Crippen molar-refractivity contribution in [3.63, 3.8) is 0 Å². The predicted octanol–water partition coefficient (Wildman–Crippen LogP) is 4.40. The van der Waals surface area contributed by atoms with E-state index < -0.39 is 12.3 Å². The van der Waals surface area contributed by atoms with Gasteiger partial charge in [0.2, 0.25) is 0 Å².